The van der Waals surface area contributed by atoms with Crippen LogP contribution in [0.3, 0.4) is 0 Å². The minimum Gasteiger partial charge on any atom is -0.481 e. The van der Waals surface area contributed by atoms with Crippen molar-refractivity contribution in [1.82, 2.24) is 15.0 Å². The van der Waals surface area contributed by atoms with Gasteiger partial charge >= 0.3 is 5.97 Å². The Bertz CT molecular complexity index is 656. The maximum atomic E-state index is 10.8. The van der Waals surface area contributed by atoms with Crippen LogP contribution < -0.4 is 0 Å². The molecule has 1 aromatic heterocycles. The molecule has 19 heavy (non-hydrogen) atoms. The van der Waals surface area contributed by atoms with Crippen LogP contribution in [0.1, 0.15) is 41.9 Å². The van der Waals surface area contributed by atoms with Crippen LogP contribution in [0.5, 0.6) is 0 Å². The summed E-state index contributed by atoms with van der Waals surface area (Å²) in [5.74, 6) is -0.157. The van der Waals surface area contributed by atoms with E-state index in [4.69, 9.17) is 5.11 Å². The predicted molar refractivity (Wildman–Crippen MR) is 71.2 cm³/mol. The highest BCUT2D eigenvalue weighted by Crippen LogP contribution is 2.44. The van der Waals surface area contributed by atoms with Gasteiger partial charge in [-0.3, -0.25) is 4.79 Å². The van der Waals surface area contributed by atoms with Gasteiger partial charge in [-0.15, -0.1) is 5.10 Å². The van der Waals surface area contributed by atoms with E-state index in [9.17, 15) is 4.79 Å². The number of carboxylic acids is 1. The molecule has 0 radical (unpaired) electrons. The van der Waals surface area contributed by atoms with Crippen LogP contribution in [0, 0.1) is 6.92 Å². The standard InChI is InChI=1S/C14H17N3O2/c1-8-10(5-6-12(18)19)7-11(9-3-4-9)14-13(8)15-16-17(14)2/h7,9H,3-6H2,1-2H3,(H,18,19). The molecule has 0 amide bonds. The summed E-state index contributed by atoms with van der Waals surface area (Å²) >= 11 is 0. The summed E-state index contributed by atoms with van der Waals surface area (Å²) in [6.07, 6.45) is 3.15. The summed E-state index contributed by atoms with van der Waals surface area (Å²) in [7, 11) is 1.91. The fraction of sp³-hybridized carbons (Fsp3) is 0.500. The summed E-state index contributed by atoms with van der Waals surface area (Å²) < 4.78 is 1.83. The Morgan fingerprint density at radius 3 is 2.89 bits per heavy atom. The second-order valence-corrected chi connectivity index (χ2v) is 5.33. The Kier molecular flexibility index (Phi) is 2.77. The average molecular weight is 259 g/mol. The van der Waals surface area contributed by atoms with Crippen molar-refractivity contribution in [3.63, 3.8) is 0 Å². The van der Waals surface area contributed by atoms with Gasteiger partial charge in [0.25, 0.3) is 0 Å². The largest absolute Gasteiger partial charge is 0.481 e. The summed E-state index contributed by atoms with van der Waals surface area (Å²) in [6, 6.07) is 2.17. The Morgan fingerprint density at radius 2 is 2.26 bits per heavy atom. The van der Waals surface area contributed by atoms with Crippen LogP contribution in [0.15, 0.2) is 6.07 Å². The topological polar surface area (TPSA) is 68.0 Å². The minimum atomic E-state index is -0.758. The van der Waals surface area contributed by atoms with Crippen LogP contribution >= 0.6 is 0 Å². The molecule has 5 heteroatoms. The van der Waals surface area contributed by atoms with E-state index in [1.807, 2.05) is 18.7 Å². The number of fused-ring (bicyclic) bond motifs is 1. The Hall–Kier alpha value is -1.91. The molecule has 0 bridgehead atoms. The van der Waals surface area contributed by atoms with Crippen LogP contribution in [-0.4, -0.2) is 26.1 Å². The highest BCUT2D eigenvalue weighted by molar-refractivity contribution is 5.84. The van der Waals surface area contributed by atoms with E-state index < -0.39 is 5.97 Å². The zero-order chi connectivity index (χ0) is 13.6. The number of aryl methyl sites for hydroxylation is 3. The average Bonchev–Trinajstić information content (AvgIpc) is 3.13. The highest BCUT2D eigenvalue weighted by Gasteiger charge is 2.28. The van der Waals surface area contributed by atoms with E-state index in [-0.39, 0.29) is 6.42 Å². The molecular weight excluding hydrogens is 242 g/mol. The number of benzene rings is 1. The first kappa shape index (κ1) is 12.1. The number of carbonyl (C=O) groups is 1. The summed E-state index contributed by atoms with van der Waals surface area (Å²) in [5.41, 5.74) is 5.48. The van der Waals surface area contributed by atoms with E-state index >= 15 is 0 Å². The molecule has 5 nitrogen and oxygen atoms in total. The molecule has 1 aliphatic rings. The second kappa shape index (κ2) is 4.33. The lowest BCUT2D eigenvalue weighted by Crippen LogP contribution is -2.02. The third-order valence-corrected chi connectivity index (χ3v) is 3.89. The first-order valence-corrected chi connectivity index (χ1v) is 6.61. The zero-order valence-electron chi connectivity index (χ0n) is 11.2. The number of rotatable bonds is 4. The fourth-order valence-electron chi connectivity index (χ4n) is 2.66. The van der Waals surface area contributed by atoms with E-state index in [1.165, 1.54) is 18.4 Å². The van der Waals surface area contributed by atoms with Crippen molar-refractivity contribution in [2.24, 2.45) is 7.05 Å². The predicted octanol–water partition coefficient (Wildman–Crippen LogP) is 2.17. The smallest absolute Gasteiger partial charge is 0.303 e. The highest BCUT2D eigenvalue weighted by atomic mass is 16.4. The SMILES string of the molecule is Cc1c(CCC(=O)O)cc(C2CC2)c2c1nnn2C. The van der Waals surface area contributed by atoms with Gasteiger partial charge < -0.3 is 5.11 Å². The monoisotopic (exact) mass is 259 g/mol. The van der Waals surface area contributed by atoms with Crippen molar-refractivity contribution < 1.29 is 9.90 Å². The van der Waals surface area contributed by atoms with Crippen molar-refractivity contribution in [1.29, 1.82) is 0 Å². The van der Waals surface area contributed by atoms with Gasteiger partial charge in [-0.2, -0.15) is 0 Å². The number of aromatic nitrogens is 3. The molecule has 0 atom stereocenters. The second-order valence-electron chi connectivity index (χ2n) is 5.33. The van der Waals surface area contributed by atoms with Gasteiger partial charge in [0.05, 0.1) is 5.52 Å². The molecule has 0 saturated heterocycles. The maximum Gasteiger partial charge on any atom is 0.303 e. The van der Waals surface area contributed by atoms with Crippen LogP contribution in [0.25, 0.3) is 11.0 Å². The number of hydrogen-bond acceptors (Lipinski definition) is 3. The zero-order valence-corrected chi connectivity index (χ0v) is 11.2. The third-order valence-electron chi connectivity index (χ3n) is 3.89. The van der Waals surface area contributed by atoms with Crippen molar-refractivity contribution in [2.45, 2.75) is 38.5 Å². The normalized spacial score (nSPS) is 15.1. The Balaban J connectivity index is 2.12. The van der Waals surface area contributed by atoms with E-state index in [0.29, 0.717) is 12.3 Å². The summed E-state index contributed by atoms with van der Waals surface area (Å²) in [6.45, 7) is 2.00. The van der Waals surface area contributed by atoms with E-state index in [1.54, 1.807) is 0 Å². The van der Waals surface area contributed by atoms with Crippen molar-refractivity contribution in [3.05, 3.63) is 22.8 Å². The molecule has 1 aliphatic carbocycles. The number of nitrogens with zero attached hydrogens (tertiary/aromatic N) is 3. The number of aliphatic carboxylic acids is 1. The Labute approximate surface area is 111 Å². The molecule has 2 aromatic rings. The minimum absolute atomic E-state index is 0.163. The molecular formula is C14H17N3O2. The van der Waals surface area contributed by atoms with Crippen molar-refractivity contribution in [2.75, 3.05) is 0 Å². The van der Waals surface area contributed by atoms with Gasteiger partial charge in [-0.05, 0) is 48.8 Å². The molecule has 0 unspecified atom stereocenters. The van der Waals surface area contributed by atoms with Crippen LogP contribution in [-0.2, 0) is 18.3 Å². The lowest BCUT2D eigenvalue weighted by Gasteiger charge is -2.10. The molecule has 0 aliphatic heterocycles. The van der Waals surface area contributed by atoms with E-state index in [0.717, 1.165) is 22.2 Å². The van der Waals surface area contributed by atoms with Crippen molar-refractivity contribution >= 4 is 17.0 Å². The third kappa shape index (κ3) is 2.09. The van der Waals surface area contributed by atoms with Gasteiger partial charge in [0.1, 0.15) is 5.52 Å². The quantitative estimate of drug-likeness (QED) is 0.913. The van der Waals surface area contributed by atoms with Gasteiger partial charge in [0.2, 0.25) is 0 Å². The van der Waals surface area contributed by atoms with Gasteiger partial charge in [0, 0.05) is 13.5 Å². The first-order valence-electron chi connectivity index (χ1n) is 6.61. The lowest BCUT2D eigenvalue weighted by atomic mass is 9.96. The summed E-state index contributed by atoms with van der Waals surface area (Å²) in [4.78, 5) is 10.8. The summed E-state index contributed by atoms with van der Waals surface area (Å²) in [5, 5.41) is 17.2. The molecule has 100 valence electrons. The van der Waals surface area contributed by atoms with Crippen LogP contribution in [0.4, 0.5) is 0 Å². The van der Waals surface area contributed by atoms with Gasteiger partial charge in [0.15, 0.2) is 0 Å². The van der Waals surface area contributed by atoms with Gasteiger partial charge in [-0.25, -0.2) is 4.68 Å². The molecule has 1 aromatic carbocycles. The lowest BCUT2D eigenvalue weighted by molar-refractivity contribution is -0.136. The first-order chi connectivity index (χ1) is 9.08. The van der Waals surface area contributed by atoms with E-state index in [2.05, 4.69) is 16.4 Å². The molecule has 1 N–H and O–H groups in total. The molecule has 1 saturated carbocycles. The molecule has 1 fully saturated rings. The molecule has 0 spiro atoms. The molecule has 1 heterocycles. The Morgan fingerprint density at radius 1 is 1.53 bits per heavy atom. The van der Waals surface area contributed by atoms with Crippen LogP contribution in [0.2, 0.25) is 0 Å². The number of carboxylic acid groups (broad SMARTS) is 1. The fourth-order valence-corrected chi connectivity index (χ4v) is 2.66. The number of hydrogen-bond donors (Lipinski definition) is 1. The maximum absolute atomic E-state index is 10.8. The van der Waals surface area contributed by atoms with Gasteiger partial charge in [-0.1, -0.05) is 11.3 Å². The van der Waals surface area contributed by atoms with Crippen molar-refractivity contribution in [3.8, 4) is 0 Å². The molecule has 3 rings (SSSR count).